The Balaban J connectivity index is 4.42. The molecule has 0 rings (SSSR count). The normalized spacial score (nSPS) is 14.2. The summed E-state index contributed by atoms with van der Waals surface area (Å²) in [6, 6.07) is -0.681. The molecular weight excluding hydrogens is 222 g/mol. The average Bonchev–Trinajstić information content (AvgIpc) is 2.26. The molecule has 0 radical (unpaired) electrons. The summed E-state index contributed by atoms with van der Waals surface area (Å²) in [6.45, 7) is 5.78. The van der Waals surface area contributed by atoms with Crippen LogP contribution in [-0.2, 0) is 14.3 Å². The summed E-state index contributed by atoms with van der Waals surface area (Å²) in [7, 11) is 1.28. The number of methoxy groups -OCH3 is 1. The Hall–Kier alpha value is -1.10. The Morgan fingerprint density at radius 2 is 1.94 bits per heavy atom. The van der Waals surface area contributed by atoms with Crippen LogP contribution in [0.15, 0.2) is 0 Å². The Morgan fingerprint density at radius 3 is 2.35 bits per heavy atom. The van der Waals surface area contributed by atoms with Gasteiger partial charge in [-0.05, 0) is 18.8 Å². The number of hydrogen-bond donors (Lipinski definition) is 2. The maximum Gasteiger partial charge on any atom is 0.328 e. The lowest BCUT2D eigenvalue weighted by Crippen LogP contribution is -2.46. The second-order valence-corrected chi connectivity index (χ2v) is 4.52. The summed E-state index contributed by atoms with van der Waals surface area (Å²) >= 11 is 0. The van der Waals surface area contributed by atoms with Crippen molar-refractivity contribution in [2.24, 2.45) is 5.92 Å². The van der Waals surface area contributed by atoms with Gasteiger partial charge in [0.2, 0.25) is 5.91 Å². The number of nitrogens with one attached hydrogen (secondary N) is 1. The van der Waals surface area contributed by atoms with Crippen molar-refractivity contribution in [3.8, 4) is 0 Å². The van der Waals surface area contributed by atoms with Gasteiger partial charge in [-0.25, -0.2) is 4.79 Å². The van der Waals surface area contributed by atoms with Crippen molar-refractivity contribution in [2.45, 2.75) is 52.2 Å². The third kappa shape index (κ3) is 6.26. The summed E-state index contributed by atoms with van der Waals surface area (Å²) in [5.41, 5.74) is 0. The number of aliphatic hydroxyl groups excluding tert-OH is 1. The first-order valence-corrected chi connectivity index (χ1v) is 5.98. The second kappa shape index (κ2) is 8.06. The van der Waals surface area contributed by atoms with Crippen LogP contribution in [-0.4, -0.2) is 36.2 Å². The summed E-state index contributed by atoms with van der Waals surface area (Å²) in [4.78, 5) is 23.0. The summed E-state index contributed by atoms with van der Waals surface area (Å²) in [6.07, 6.45) is 0.541. The summed E-state index contributed by atoms with van der Waals surface area (Å²) in [5, 5.41) is 12.0. The monoisotopic (exact) mass is 245 g/mol. The van der Waals surface area contributed by atoms with Crippen LogP contribution in [0.1, 0.15) is 40.0 Å². The molecule has 0 aromatic heterocycles. The van der Waals surface area contributed by atoms with Gasteiger partial charge in [-0.2, -0.15) is 0 Å². The lowest BCUT2D eigenvalue weighted by atomic mass is 10.0. The molecule has 100 valence electrons. The van der Waals surface area contributed by atoms with Crippen LogP contribution in [0, 0.1) is 5.92 Å². The van der Waals surface area contributed by atoms with Crippen LogP contribution in [0.3, 0.4) is 0 Å². The zero-order valence-corrected chi connectivity index (χ0v) is 11.0. The molecule has 0 aliphatic carbocycles. The molecule has 0 bridgehead atoms. The van der Waals surface area contributed by atoms with Gasteiger partial charge in [-0.1, -0.05) is 27.2 Å². The van der Waals surface area contributed by atoms with Crippen LogP contribution in [0.4, 0.5) is 0 Å². The molecule has 5 heteroatoms. The van der Waals surface area contributed by atoms with E-state index in [4.69, 9.17) is 0 Å². The molecule has 0 aliphatic heterocycles. The van der Waals surface area contributed by atoms with Crippen molar-refractivity contribution in [3.63, 3.8) is 0 Å². The predicted molar refractivity (Wildman–Crippen MR) is 64.3 cm³/mol. The van der Waals surface area contributed by atoms with E-state index in [0.29, 0.717) is 19.3 Å². The van der Waals surface area contributed by atoms with E-state index in [2.05, 4.69) is 10.1 Å². The first-order chi connectivity index (χ1) is 7.92. The molecule has 2 N–H and O–H groups in total. The number of carbonyl (C=O) groups is 2. The van der Waals surface area contributed by atoms with Gasteiger partial charge in [0, 0.05) is 0 Å². The van der Waals surface area contributed by atoms with Crippen LogP contribution in [0.2, 0.25) is 0 Å². The quantitative estimate of drug-likeness (QED) is 0.652. The molecule has 0 spiro atoms. The van der Waals surface area contributed by atoms with E-state index in [1.807, 2.05) is 20.8 Å². The van der Waals surface area contributed by atoms with Crippen molar-refractivity contribution >= 4 is 11.9 Å². The van der Waals surface area contributed by atoms with Crippen molar-refractivity contribution < 1.29 is 19.4 Å². The van der Waals surface area contributed by atoms with Gasteiger partial charge in [-0.15, -0.1) is 0 Å². The Labute approximate surface area is 103 Å². The van der Waals surface area contributed by atoms with E-state index in [-0.39, 0.29) is 5.92 Å². The SMILES string of the molecule is CCC[C@H](O)C(=O)N[C@@H](CC(C)C)C(=O)OC. The number of aliphatic hydroxyl groups is 1. The van der Waals surface area contributed by atoms with E-state index < -0.39 is 24.0 Å². The van der Waals surface area contributed by atoms with Crippen LogP contribution in [0.5, 0.6) is 0 Å². The fraction of sp³-hybridized carbons (Fsp3) is 0.833. The molecule has 0 heterocycles. The van der Waals surface area contributed by atoms with Gasteiger partial charge in [0.15, 0.2) is 0 Å². The molecule has 0 aromatic carbocycles. The standard InChI is InChI=1S/C12H23NO4/c1-5-6-10(14)11(15)13-9(7-8(2)3)12(16)17-4/h8-10,14H,5-7H2,1-4H3,(H,13,15)/t9-,10-/m0/s1. The third-order valence-corrected chi connectivity index (χ3v) is 2.37. The molecule has 0 unspecified atom stereocenters. The average molecular weight is 245 g/mol. The third-order valence-electron chi connectivity index (χ3n) is 2.37. The molecule has 0 saturated heterocycles. The fourth-order valence-corrected chi connectivity index (χ4v) is 1.50. The lowest BCUT2D eigenvalue weighted by Gasteiger charge is -2.20. The molecule has 0 aliphatic rings. The van der Waals surface area contributed by atoms with Gasteiger partial charge in [-0.3, -0.25) is 4.79 Å². The van der Waals surface area contributed by atoms with E-state index in [0.717, 1.165) is 0 Å². The summed E-state index contributed by atoms with van der Waals surface area (Å²) < 4.78 is 4.62. The highest BCUT2D eigenvalue weighted by Crippen LogP contribution is 2.07. The number of ether oxygens (including phenoxy) is 1. The largest absolute Gasteiger partial charge is 0.467 e. The number of amides is 1. The smallest absolute Gasteiger partial charge is 0.328 e. The molecule has 17 heavy (non-hydrogen) atoms. The Kier molecular flexibility index (Phi) is 7.54. The molecule has 0 fully saturated rings. The number of rotatable bonds is 7. The topological polar surface area (TPSA) is 75.6 Å². The van der Waals surface area contributed by atoms with Crippen molar-refractivity contribution in [1.29, 1.82) is 0 Å². The number of hydrogen-bond acceptors (Lipinski definition) is 4. The van der Waals surface area contributed by atoms with E-state index >= 15 is 0 Å². The Bertz CT molecular complexity index is 253. The number of esters is 1. The molecule has 2 atom stereocenters. The van der Waals surface area contributed by atoms with Crippen LogP contribution in [0.25, 0.3) is 0 Å². The van der Waals surface area contributed by atoms with Crippen molar-refractivity contribution in [1.82, 2.24) is 5.32 Å². The molecule has 5 nitrogen and oxygen atoms in total. The minimum Gasteiger partial charge on any atom is -0.467 e. The lowest BCUT2D eigenvalue weighted by molar-refractivity contribution is -0.146. The van der Waals surface area contributed by atoms with E-state index in [1.54, 1.807) is 0 Å². The van der Waals surface area contributed by atoms with Crippen LogP contribution >= 0.6 is 0 Å². The molecular formula is C12H23NO4. The summed E-state index contributed by atoms with van der Waals surface area (Å²) in [5.74, 6) is -0.735. The first-order valence-electron chi connectivity index (χ1n) is 5.98. The minimum atomic E-state index is -1.06. The molecule has 0 saturated carbocycles. The highest BCUT2D eigenvalue weighted by atomic mass is 16.5. The highest BCUT2D eigenvalue weighted by Gasteiger charge is 2.25. The van der Waals surface area contributed by atoms with Crippen molar-refractivity contribution in [2.75, 3.05) is 7.11 Å². The maximum atomic E-state index is 11.6. The van der Waals surface area contributed by atoms with Gasteiger partial charge < -0.3 is 15.2 Å². The van der Waals surface area contributed by atoms with Crippen molar-refractivity contribution in [3.05, 3.63) is 0 Å². The van der Waals surface area contributed by atoms with Gasteiger partial charge in [0.25, 0.3) is 0 Å². The van der Waals surface area contributed by atoms with E-state index in [1.165, 1.54) is 7.11 Å². The minimum absolute atomic E-state index is 0.253. The first kappa shape index (κ1) is 15.9. The second-order valence-electron chi connectivity index (χ2n) is 4.52. The predicted octanol–water partition coefficient (Wildman–Crippen LogP) is 0.851. The number of carbonyl (C=O) groups excluding carboxylic acids is 2. The van der Waals surface area contributed by atoms with Gasteiger partial charge in [0.1, 0.15) is 12.1 Å². The fourth-order valence-electron chi connectivity index (χ4n) is 1.50. The zero-order chi connectivity index (χ0) is 13.4. The maximum absolute atomic E-state index is 11.6. The zero-order valence-electron chi connectivity index (χ0n) is 11.0. The van der Waals surface area contributed by atoms with Crippen LogP contribution < -0.4 is 5.32 Å². The Morgan fingerprint density at radius 1 is 1.35 bits per heavy atom. The van der Waals surface area contributed by atoms with Gasteiger partial charge in [0.05, 0.1) is 7.11 Å². The van der Waals surface area contributed by atoms with Gasteiger partial charge >= 0.3 is 5.97 Å². The highest BCUT2D eigenvalue weighted by molar-refractivity contribution is 5.86. The molecule has 1 amide bonds. The van der Waals surface area contributed by atoms with E-state index in [9.17, 15) is 14.7 Å². The molecule has 0 aromatic rings.